The Hall–Kier alpha value is -3.35. The van der Waals surface area contributed by atoms with E-state index in [2.05, 4.69) is 0 Å². The number of aliphatic hydroxyl groups is 4. The molecule has 2 aromatic carbocycles. The third-order valence-corrected chi connectivity index (χ3v) is 5.34. The molecule has 0 radical (unpaired) electrons. The van der Waals surface area contributed by atoms with Gasteiger partial charge in [-0.2, -0.15) is 0 Å². The Morgan fingerprint density at radius 2 is 1.77 bits per heavy atom. The first-order valence-corrected chi connectivity index (χ1v) is 10.7. The molecular formula is C24H28O11. The lowest BCUT2D eigenvalue weighted by Gasteiger charge is -2.39. The van der Waals surface area contributed by atoms with Gasteiger partial charge in [0.15, 0.2) is 23.0 Å². The first kappa shape index (κ1) is 26.3. The minimum Gasteiger partial charge on any atom is -0.504 e. The molecule has 1 heterocycles. The molecule has 0 bridgehead atoms. The molecule has 0 spiro atoms. The largest absolute Gasteiger partial charge is 0.504 e. The molecule has 1 fully saturated rings. The number of phenolic OH excluding ortho intramolecular Hbond substituents is 2. The molecule has 0 aliphatic carbocycles. The molecule has 5 atom stereocenters. The summed E-state index contributed by atoms with van der Waals surface area (Å²) in [5.41, 5.74) is 1.21. The first-order valence-electron chi connectivity index (χ1n) is 10.7. The lowest BCUT2D eigenvalue weighted by Crippen LogP contribution is -2.60. The zero-order chi connectivity index (χ0) is 25.5. The number of aliphatic hydroxyl groups excluding tert-OH is 4. The van der Waals surface area contributed by atoms with Crippen LogP contribution in [0, 0.1) is 0 Å². The number of methoxy groups -OCH3 is 1. The number of esters is 1. The van der Waals surface area contributed by atoms with Crippen LogP contribution in [0.3, 0.4) is 0 Å². The van der Waals surface area contributed by atoms with Crippen molar-refractivity contribution in [3.8, 4) is 23.0 Å². The average Bonchev–Trinajstić information content (AvgIpc) is 2.84. The van der Waals surface area contributed by atoms with E-state index in [1.54, 1.807) is 12.1 Å². The van der Waals surface area contributed by atoms with Crippen LogP contribution in [-0.2, 0) is 20.7 Å². The number of hydrogen-bond donors (Lipinski definition) is 6. The van der Waals surface area contributed by atoms with Gasteiger partial charge in [0.1, 0.15) is 31.0 Å². The summed E-state index contributed by atoms with van der Waals surface area (Å²) in [4.78, 5) is 12.1. The van der Waals surface area contributed by atoms with Gasteiger partial charge in [-0.1, -0.05) is 12.1 Å². The highest BCUT2D eigenvalue weighted by Gasteiger charge is 2.45. The van der Waals surface area contributed by atoms with Gasteiger partial charge in [-0.25, -0.2) is 4.79 Å². The van der Waals surface area contributed by atoms with Gasteiger partial charge in [-0.05, 0) is 47.9 Å². The summed E-state index contributed by atoms with van der Waals surface area (Å²) in [6.45, 7) is -0.568. The summed E-state index contributed by atoms with van der Waals surface area (Å²) in [6.07, 6.45) is -4.76. The van der Waals surface area contributed by atoms with E-state index >= 15 is 0 Å². The fraction of sp³-hybridized carbons (Fsp3) is 0.375. The van der Waals surface area contributed by atoms with E-state index in [1.807, 2.05) is 0 Å². The Morgan fingerprint density at radius 3 is 2.46 bits per heavy atom. The average molecular weight is 492 g/mol. The van der Waals surface area contributed by atoms with Crippen molar-refractivity contribution in [2.45, 2.75) is 37.1 Å². The van der Waals surface area contributed by atoms with Crippen molar-refractivity contribution >= 4 is 12.0 Å². The molecule has 0 unspecified atom stereocenters. The molecule has 1 saturated heterocycles. The second-order valence-corrected chi connectivity index (χ2v) is 7.80. The van der Waals surface area contributed by atoms with E-state index in [0.29, 0.717) is 17.5 Å². The second kappa shape index (κ2) is 11.9. The van der Waals surface area contributed by atoms with Crippen LogP contribution in [0.25, 0.3) is 6.08 Å². The summed E-state index contributed by atoms with van der Waals surface area (Å²) in [5, 5.41) is 59.4. The molecule has 11 heteroatoms. The smallest absolute Gasteiger partial charge is 0.330 e. The minimum absolute atomic E-state index is 0.0531. The van der Waals surface area contributed by atoms with Crippen LogP contribution in [0.2, 0.25) is 0 Å². The summed E-state index contributed by atoms with van der Waals surface area (Å²) in [5.74, 6) is -0.925. The monoisotopic (exact) mass is 492 g/mol. The number of ether oxygens (including phenoxy) is 4. The van der Waals surface area contributed by atoms with Crippen LogP contribution in [0.4, 0.5) is 0 Å². The Labute approximate surface area is 201 Å². The lowest BCUT2D eigenvalue weighted by atomic mass is 9.99. The first-order chi connectivity index (χ1) is 16.7. The quantitative estimate of drug-likeness (QED) is 0.207. The van der Waals surface area contributed by atoms with Gasteiger partial charge >= 0.3 is 5.97 Å². The molecule has 1 aliphatic rings. The predicted molar refractivity (Wildman–Crippen MR) is 121 cm³/mol. The van der Waals surface area contributed by atoms with Crippen molar-refractivity contribution < 1.29 is 54.4 Å². The Morgan fingerprint density at radius 1 is 1.00 bits per heavy atom. The third kappa shape index (κ3) is 6.62. The molecular weight excluding hydrogens is 464 g/mol. The van der Waals surface area contributed by atoms with Gasteiger partial charge in [-0.3, -0.25) is 0 Å². The number of carbonyl (C=O) groups is 1. The topological polar surface area (TPSA) is 175 Å². The van der Waals surface area contributed by atoms with Crippen LogP contribution in [0.5, 0.6) is 23.0 Å². The highest BCUT2D eigenvalue weighted by Crippen LogP contribution is 2.31. The maximum atomic E-state index is 12.1. The third-order valence-electron chi connectivity index (χ3n) is 5.34. The number of hydrogen-bond acceptors (Lipinski definition) is 11. The Balaban J connectivity index is 1.61. The van der Waals surface area contributed by atoms with Crippen molar-refractivity contribution in [3.63, 3.8) is 0 Å². The number of benzene rings is 2. The summed E-state index contributed by atoms with van der Waals surface area (Å²) in [7, 11) is 1.39. The lowest BCUT2D eigenvalue weighted by molar-refractivity contribution is -0.278. The van der Waals surface area contributed by atoms with Crippen LogP contribution >= 0.6 is 0 Å². The van der Waals surface area contributed by atoms with Crippen molar-refractivity contribution in [2.24, 2.45) is 0 Å². The van der Waals surface area contributed by atoms with Crippen LogP contribution < -0.4 is 9.47 Å². The number of phenols is 2. The Bertz CT molecular complexity index is 1040. The van der Waals surface area contributed by atoms with E-state index in [4.69, 9.17) is 24.1 Å². The van der Waals surface area contributed by atoms with E-state index < -0.39 is 43.3 Å². The standard InChI is InChI=1S/C24H28O11/c1-32-18-11-13(2-5-15(18)26)4-7-20(28)33-12-19-21(29)22(30)23(31)24(35-19)34-17-6-3-14(8-9-25)10-16(17)27/h2-7,10-11,19,21-27,29-31H,8-9,12H2,1H3/t19-,21-,22+,23-,24-/m1/s1. The van der Waals surface area contributed by atoms with Gasteiger partial charge in [0.25, 0.3) is 0 Å². The molecule has 2 aromatic rings. The van der Waals surface area contributed by atoms with Crippen molar-refractivity contribution in [2.75, 3.05) is 20.3 Å². The van der Waals surface area contributed by atoms with Gasteiger partial charge in [-0.15, -0.1) is 0 Å². The highest BCUT2D eigenvalue weighted by molar-refractivity contribution is 5.87. The molecule has 11 nitrogen and oxygen atoms in total. The molecule has 0 aromatic heterocycles. The normalized spacial score (nSPS) is 24.3. The molecule has 6 N–H and O–H groups in total. The fourth-order valence-corrected chi connectivity index (χ4v) is 3.40. The molecule has 1 aliphatic heterocycles. The van der Waals surface area contributed by atoms with E-state index in [-0.39, 0.29) is 29.6 Å². The van der Waals surface area contributed by atoms with Gasteiger partial charge < -0.3 is 49.6 Å². The Kier molecular flexibility index (Phi) is 8.90. The molecule has 3 rings (SSSR count). The van der Waals surface area contributed by atoms with Gasteiger partial charge in [0.2, 0.25) is 6.29 Å². The highest BCUT2D eigenvalue weighted by atomic mass is 16.7. The molecule has 0 amide bonds. The SMILES string of the molecule is COc1cc(C=CC(=O)OC[C@H]2O[C@@H](Oc3ccc(CCO)cc3O)[C@H](O)[C@@H](O)[C@@H]2O)ccc1O. The number of carbonyl (C=O) groups excluding carboxylic acids is 1. The van der Waals surface area contributed by atoms with Crippen molar-refractivity contribution in [1.29, 1.82) is 0 Å². The van der Waals surface area contributed by atoms with Crippen molar-refractivity contribution in [1.82, 2.24) is 0 Å². The maximum Gasteiger partial charge on any atom is 0.330 e. The predicted octanol–water partition coefficient (Wildman–Crippen LogP) is 0.0842. The van der Waals surface area contributed by atoms with Gasteiger partial charge in [0.05, 0.1) is 7.11 Å². The van der Waals surface area contributed by atoms with Crippen molar-refractivity contribution in [3.05, 3.63) is 53.6 Å². The fourth-order valence-electron chi connectivity index (χ4n) is 3.40. The molecule has 0 saturated carbocycles. The van der Waals surface area contributed by atoms with Crippen LogP contribution in [0.1, 0.15) is 11.1 Å². The number of rotatable bonds is 9. The zero-order valence-electron chi connectivity index (χ0n) is 18.9. The second-order valence-electron chi connectivity index (χ2n) is 7.80. The van der Waals surface area contributed by atoms with E-state index in [9.17, 15) is 30.3 Å². The van der Waals surface area contributed by atoms with Gasteiger partial charge in [0, 0.05) is 12.7 Å². The summed E-state index contributed by atoms with van der Waals surface area (Å²) >= 11 is 0. The zero-order valence-corrected chi connectivity index (χ0v) is 18.9. The maximum absolute atomic E-state index is 12.1. The van der Waals surface area contributed by atoms with Crippen LogP contribution in [-0.4, -0.2) is 87.6 Å². The summed E-state index contributed by atoms with van der Waals surface area (Å²) in [6, 6.07) is 8.86. The van der Waals surface area contributed by atoms with Crippen LogP contribution in [0.15, 0.2) is 42.5 Å². The van der Waals surface area contributed by atoms with E-state index in [0.717, 1.165) is 6.08 Å². The molecule has 190 valence electrons. The molecule has 35 heavy (non-hydrogen) atoms. The number of aromatic hydroxyl groups is 2. The minimum atomic E-state index is -1.67. The van der Waals surface area contributed by atoms with E-state index in [1.165, 1.54) is 37.5 Å². The summed E-state index contributed by atoms with van der Waals surface area (Å²) < 4.78 is 21.1.